The van der Waals surface area contributed by atoms with Crippen LogP contribution in [-0.4, -0.2) is 37.6 Å². The zero-order valence-electron chi connectivity index (χ0n) is 18.7. The Bertz CT molecular complexity index is 1120. The quantitative estimate of drug-likeness (QED) is 0.463. The number of amides is 2. The maximum absolute atomic E-state index is 12.0. The number of nitrogens with two attached hydrogens (primary N) is 1. The first kappa shape index (κ1) is 23.6. The Morgan fingerprint density at radius 1 is 0.939 bits per heavy atom. The number of rotatable bonds is 11. The van der Waals surface area contributed by atoms with Crippen LogP contribution in [0.1, 0.15) is 18.4 Å². The van der Waals surface area contributed by atoms with Crippen LogP contribution in [0.2, 0.25) is 0 Å². The maximum atomic E-state index is 12.0. The van der Waals surface area contributed by atoms with E-state index in [-0.39, 0.29) is 18.7 Å². The van der Waals surface area contributed by atoms with Crippen molar-refractivity contribution in [1.29, 1.82) is 0 Å². The fraction of sp³-hybridized carbons (Fsp3) is 0.240. The maximum Gasteiger partial charge on any atom is 0.224 e. The van der Waals surface area contributed by atoms with Crippen molar-refractivity contribution in [2.45, 2.75) is 19.3 Å². The van der Waals surface area contributed by atoms with Crippen molar-refractivity contribution in [1.82, 2.24) is 4.98 Å². The Kier molecular flexibility index (Phi) is 8.24. The number of hydrogen-bond donors (Lipinski definition) is 2. The molecule has 0 saturated carbocycles. The molecule has 0 unspecified atom stereocenters. The van der Waals surface area contributed by atoms with Crippen molar-refractivity contribution < 1.29 is 23.8 Å². The topological polar surface area (TPSA) is 113 Å². The molecule has 3 rings (SSSR count). The van der Waals surface area contributed by atoms with Gasteiger partial charge in [0.1, 0.15) is 0 Å². The highest BCUT2D eigenvalue weighted by atomic mass is 16.5. The molecule has 0 saturated heterocycles. The number of primary amides is 1. The van der Waals surface area contributed by atoms with E-state index in [1.54, 1.807) is 26.4 Å². The number of methoxy groups -OCH3 is 2. The zero-order chi connectivity index (χ0) is 23.6. The lowest BCUT2D eigenvalue weighted by atomic mass is 10.1. The molecule has 2 amide bonds. The second-order valence-electron chi connectivity index (χ2n) is 7.24. The molecule has 8 nitrogen and oxygen atoms in total. The van der Waals surface area contributed by atoms with Gasteiger partial charge in [0.2, 0.25) is 17.7 Å². The molecule has 1 heterocycles. The van der Waals surface area contributed by atoms with Gasteiger partial charge in [-0.25, -0.2) is 4.98 Å². The summed E-state index contributed by atoms with van der Waals surface area (Å²) < 4.78 is 16.5. The molecule has 0 fully saturated rings. The molecule has 33 heavy (non-hydrogen) atoms. The van der Waals surface area contributed by atoms with Crippen LogP contribution >= 0.6 is 0 Å². The van der Waals surface area contributed by atoms with Gasteiger partial charge in [-0.05, 0) is 35.9 Å². The Labute approximate surface area is 192 Å². The number of aromatic nitrogens is 1. The van der Waals surface area contributed by atoms with Crippen LogP contribution in [0.25, 0.3) is 11.3 Å². The highest BCUT2D eigenvalue weighted by Crippen LogP contribution is 2.28. The van der Waals surface area contributed by atoms with E-state index >= 15 is 0 Å². The van der Waals surface area contributed by atoms with Gasteiger partial charge >= 0.3 is 0 Å². The van der Waals surface area contributed by atoms with E-state index < -0.39 is 5.91 Å². The Balaban J connectivity index is 1.62. The van der Waals surface area contributed by atoms with Gasteiger partial charge in [0.15, 0.2) is 11.5 Å². The Morgan fingerprint density at radius 3 is 2.48 bits per heavy atom. The van der Waals surface area contributed by atoms with Gasteiger partial charge < -0.3 is 25.3 Å². The molecule has 0 aliphatic heterocycles. The van der Waals surface area contributed by atoms with Crippen LogP contribution in [-0.2, 0) is 16.0 Å². The molecule has 3 N–H and O–H groups in total. The Hall–Kier alpha value is -4.07. The number of anilines is 1. The monoisotopic (exact) mass is 449 g/mol. The van der Waals surface area contributed by atoms with Crippen molar-refractivity contribution >= 4 is 17.5 Å². The number of hydrogen-bond acceptors (Lipinski definition) is 6. The minimum atomic E-state index is -0.508. The van der Waals surface area contributed by atoms with Crippen LogP contribution in [0.5, 0.6) is 17.4 Å². The number of pyridine rings is 1. The van der Waals surface area contributed by atoms with Crippen LogP contribution in [0, 0.1) is 0 Å². The van der Waals surface area contributed by atoms with E-state index in [0.29, 0.717) is 41.8 Å². The molecule has 0 aliphatic carbocycles. The third-order valence-corrected chi connectivity index (χ3v) is 4.85. The lowest BCUT2D eigenvalue weighted by molar-refractivity contribution is -0.122. The summed E-state index contributed by atoms with van der Waals surface area (Å²) in [6.45, 7) is 0.446. The van der Waals surface area contributed by atoms with E-state index in [2.05, 4.69) is 10.3 Å². The average Bonchev–Trinajstić information content (AvgIpc) is 2.83. The lowest BCUT2D eigenvalue weighted by Gasteiger charge is -2.11. The average molecular weight is 450 g/mol. The Morgan fingerprint density at radius 2 is 1.73 bits per heavy atom. The highest BCUT2D eigenvalue weighted by Gasteiger charge is 2.08. The third kappa shape index (κ3) is 6.96. The van der Waals surface area contributed by atoms with E-state index in [1.165, 1.54) is 0 Å². The molecule has 8 heteroatoms. The van der Waals surface area contributed by atoms with Gasteiger partial charge in [0.25, 0.3) is 0 Å². The second-order valence-corrected chi connectivity index (χ2v) is 7.24. The summed E-state index contributed by atoms with van der Waals surface area (Å²) in [5.74, 6) is 1.08. The van der Waals surface area contributed by atoms with E-state index in [4.69, 9.17) is 19.9 Å². The van der Waals surface area contributed by atoms with Crippen LogP contribution in [0.3, 0.4) is 0 Å². The van der Waals surface area contributed by atoms with Crippen LogP contribution in [0.4, 0.5) is 5.69 Å². The minimum absolute atomic E-state index is 0.00969. The van der Waals surface area contributed by atoms with E-state index in [9.17, 15) is 9.59 Å². The van der Waals surface area contributed by atoms with Crippen molar-refractivity contribution in [3.05, 3.63) is 66.2 Å². The molecular weight excluding hydrogens is 422 g/mol. The zero-order valence-corrected chi connectivity index (χ0v) is 18.7. The van der Waals surface area contributed by atoms with Crippen molar-refractivity contribution in [2.24, 2.45) is 5.73 Å². The normalized spacial score (nSPS) is 10.4. The number of ether oxygens (including phenoxy) is 3. The molecule has 0 aliphatic rings. The van der Waals surface area contributed by atoms with E-state index in [1.807, 2.05) is 48.5 Å². The van der Waals surface area contributed by atoms with Gasteiger partial charge in [-0.15, -0.1) is 0 Å². The summed E-state index contributed by atoms with van der Waals surface area (Å²) >= 11 is 0. The van der Waals surface area contributed by atoms with Crippen LogP contribution < -0.4 is 25.3 Å². The fourth-order valence-electron chi connectivity index (χ4n) is 3.18. The SMILES string of the molecule is COc1ccc(CCOc2cccc(-c3cccc(NC(=O)CCC(N)=O)c3)n2)cc1OC. The van der Waals surface area contributed by atoms with Crippen molar-refractivity contribution in [2.75, 3.05) is 26.1 Å². The van der Waals surface area contributed by atoms with Gasteiger partial charge in [0.05, 0.1) is 26.5 Å². The summed E-state index contributed by atoms with van der Waals surface area (Å²) in [4.78, 5) is 27.4. The summed E-state index contributed by atoms with van der Waals surface area (Å²) in [7, 11) is 3.21. The molecule has 0 atom stereocenters. The number of nitrogens with one attached hydrogen (secondary N) is 1. The van der Waals surface area contributed by atoms with Crippen molar-refractivity contribution in [3.63, 3.8) is 0 Å². The van der Waals surface area contributed by atoms with Crippen molar-refractivity contribution in [3.8, 4) is 28.6 Å². The standard InChI is InChI=1S/C25H27N3O5/c1-31-21-10-9-17(15-22(21)32-2)13-14-33-25-8-4-7-20(28-25)18-5-3-6-19(16-18)27-24(30)12-11-23(26)29/h3-10,15-16H,11-14H2,1-2H3,(H2,26,29)(H,27,30). The summed E-state index contributed by atoms with van der Waals surface area (Å²) in [6.07, 6.45) is 0.732. The largest absolute Gasteiger partial charge is 0.493 e. The lowest BCUT2D eigenvalue weighted by Crippen LogP contribution is -2.17. The number of carbonyl (C=O) groups excluding carboxylic acids is 2. The molecule has 2 aromatic carbocycles. The molecule has 0 radical (unpaired) electrons. The first-order valence-electron chi connectivity index (χ1n) is 10.5. The number of nitrogens with zero attached hydrogens (tertiary/aromatic N) is 1. The molecule has 3 aromatic rings. The van der Waals surface area contributed by atoms with Gasteiger partial charge in [-0.3, -0.25) is 9.59 Å². The molecule has 1 aromatic heterocycles. The van der Waals surface area contributed by atoms with Crippen LogP contribution in [0.15, 0.2) is 60.7 Å². The summed E-state index contributed by atoms with van der Waals surface area (Å²) in [6, 6.07) is 18.6. The fourth-order valence-corrected chi connectivity index (χ4v) is 3.18. The highest BCUT2D eigenvalue weighted by molar-refractivity contribution is 5.93. The summed E-state index contributed by atoms with van der Waals surface area (Å²) in [5.41, 5.74) is 8.31. The van der Waals surface area contributed by atoms with E-state index in [0.717, 1.165) is 11.1 Å². The van der Waals surface area contributed by atoms with Gasteiger partial charge in [-0.2, -0.15) is 0 Å². The third-order valence-electron chi connectivity index (χ3n) is 4.85. The van der Waals surface area contributed by atoms with Gasteiger partial charge in [-0.1, -0.05) is 24.3 Å². The first-order chi connectivity index (χ1) is 16.0. The second kappa shape index (κ2) is 11.5. The molecular formula is C25H27N3O5. The molecule has 0 bridgehead atoms. The molecule has 0 spiro atoms. The molecule has 172 valence electrons. The number of carbonyl (C=O) groups is 2. The minimum Gasteiger partial charge on any atom is -0.493 e. The number of benzene rings is 2. The summed E-state index contributed by atoms with van der Waals surface area (Å²) in [5, 5.41) is 2.77. The smallest absolute Gasteiger partial charge is 0.224 e. The predicted octanol–water partition coefficient (Wildman–Crippen LogP) is 3.59. The van der Waals surface area contributed by atoms with Gasteiger partial charge in [0, 0.05) is 36.6 Å². The predicted molar refractivity (Wildman–Crippen MR) is 125 cm³/mol. The first-order valence-corrected chi connectivity index (χ1v) is 10.5.